The van der Waals surface area contributed by atoms with Gasteiger partial charge in [0.05, 0.1) is 26.4 Å². The van der Waals surface area contributed by atoms with E-state index in [0.29, 0.717) is 75.0 Å². The zero-order valence-corrected chi connectivity index (χ0v) is 27.4. The Hall–Kier alpha value is -5.39. The van der Waals surface area contributed by atoms with Gasteiger partial charge < -0.3 is 30.7 Å². The molecule has 0 unspecified atom stereocenters. The average molecular weight is 664 g/mol. The Morgan fingerprint density at radius 1 is 0.592 bits per heavy atom. The molecule has 4 aromatic carbocycles. The van der Waals surface area contributed by atoms with Crippen LogP contribution in [0.5, 0.6) is 0 Å². The van der Waals surface area contributed by atoms with Crippen molar-refractivity contribution in [1.82, 2.24) is 20.3 Å². The number of hydrogen-bond acceptors (Lipinski definition) is 9. The quantitative estimate of drug-likeness (QED) is 0.0729. The van der Waals surface area contributed by atoms with E-state index in [9.17, 15) is 9.18 Å². The van der Waals surface area contributed by atoms with Gasteiger partial charge in [-0.25, -0.2) is 4.39 Å². The van der Waals surface area contributed by atoms with Gasteiger partial charge in [0.15, 0.2) is 0 Å². The van der Waals surface area contributed by atoms with E-state index in [2.05, 4.69) is 84.8 Å². The third-order valence-corrected chi connectivity index (χ3v) is 7.62. The molecule has 0 saturated carbocycles. The summed E-state index contributed by atoms with van der Waals surface area (Å²) in [5.74, 6) is 0.859. The minimum atomic E-state index is -0.299. The number of amides is 1. The maximum atomic E-state index is 14.3. The molecule has 1 amide bonds. The van der Waals surface area contributed by atoms with Gasteiger partial charge in [0.1, 0.15) is 5.82 Å². The molecule has 10 nitrogen and oxygen atoms in total. The van der Waals surface area contributed by atoms with Gasteiger partial charge in [-0.3, -0.25) is 4.79 Å². The van der Waals surface area contributed by atoms with Crippen LogP contribution in [-0.4, -0.2) is 66.9 Å². The first-order chi connectivity index (χ1) is 24.2. The Morgan fingerprint density at radius 2 is 1.10 bits per heavy atom. The van der Waals surface area contributed by atoms with Crippen molar-refractivity contribution < 1.29 is 18.7 Å². The summed E-state index contributed by atoms with van der Waals surface area (Å²) in [4.78, 5) is 25.7. The highest BCUT2D eigenvalue weighted by Gasteiger charge is 2.15. The first-order valence-corrected chi connectivity index (χ1v) is 16.5. The van der Waals surface area contributed by atoms with Crippen LogP contribution < -0.4 is 21.3 Å². The van der Waals surface area contributed by atoms with E-state index in [1.165, 1.54) is 17.2 Å². The average Bonchev–Trinajstić information content (AvgIpc) is 3.15. The Morgan fingerprint density at radius 3 is 1.71 bits per heavy atom. The van der Waals surface area contributed by atoms with Crippen molar-refractivity contribution in [3.8, 4) is 0 Å². The standard InChI is InChI=1S/C38H42FN7O3/c39-34-19-11-10-18-32(34)28-43-38-45-36(41-21-20-33(29-12-4-1-5-13-29)30-14-6-2-7-15-30)44-37(46-38)42-23-25-49-27-26-48-24-22-40-35(47)31-16-8-3-9-17-31/h1-19,33H,20-28H2,(H,40,47)(H3,41,42,43,44,45,46). The number of aromatic nitrogens is 3. The third kappa shape index (κ3) is 11.7. The summed E-state index contributed by atoms with van der Waals surface area (Å²) in [5, 5.41) is 12.5. The summed E-state index contributed by atoms with van der Waals surface area (Å²) in [6, 6.07) is 36.5. The van der Waals surface area contributed by atoms with E-state index in [1.807, 2.05) is 30.3 Å². The summed E-state index contributed by atoms with van der Waals surface area (Å²) < 4.78 is 25.5. The van der Waals surface area contributed by atoms with Gasteiger partial charge in [0.2, 0.25) is 17.8 Å². The van der Waals surface area contributed by atoms with Gasteiger partial charge in [-0.2, -0.15) is 15.0 Å². The van der Waals surface area contributed by atoms with Crippen LogP contribution in [0.4, 0.5) is 22.2 Å². The van der Waals surface area contributed by atoms with Crippen molar-refractivity contribution in [2.45, 2.75) is 18.9 Å². The summed E-state index contributed by atoms with van der Waals surface area (Å²) >= 11 is 0. The molecular formula is C38H42FN7O3. The smallest absolute Gasteiger partial charge is 0.251 e. The lowest BCUT2D eigenvalue weighted by atomic mass is 9.88. The van der Waals surface area contributed by atoms with Gasteiger partial charge in [0, 0.05) is 43.2 Å². The Kier molecular flexibility index (Phi) is 13.9. The highest BCUT2D eigenvalue weighted by atomic mass is 19.1. The molecule has 5 aromatic rings. The molecule has 5 rings (SSSR count). The number of rotatable bonds is 20. The summed E-state index contributed by atoms with van der Waals surface area (Å²) in [7, 11) is 0. The lowest BCUT2D eigenvalue weighted by Crippen LogP contribution is -2.27. The van der Waals surface area contributed by atoms with Crippen LogP contribution in [0.1, 0.15) is 39.4 Å². The number of ether oxygens (including phenoxy) is 2. The van der Waals surface area contributed by atoms with E-state index in [-0.39, 0.29) is 24.2 Å². The van der Waals surface area contributed by atoms with Crippen LogP contribution in [0.3, 0.4) is 0 Å². The molecule has 0 aliphatic carbocycles. The number of nitrogens with zero attached hydrogens (tertiary/aromatic N) is 3. The van der Waals surface area contributed by atoms with Crippen molar-refractivity contribution in [2.75, 3.05) is 62.0 Å². The largest absolute Gasteiger partial charge is 0.377 e. The third-order valence-electron chi connectivity index (χ3n) is 7.62. The zero-order chi connectivity index (χ0) is 33.9. The normalized spacial score (nSPS) is 10.9. The van der Waals surface area contributed by atoms with Crippen LogP contribution in [0.25, 0.3) is 0 Å². The van der Waals surface area contributed by atoms with E-state index >= 15 is 0 Å². The van der Waals surface area contributed by atoms with E-state index < -0.39 is 0 Å². The second-order valence-corrected chi connectivity index (χ2v) is 11.1. The number of nitrogens with one attached hydrogen (secondary N) is 4. The fourth-order valence-corrected chi connectivity index (χ4v) is 5.14. The molecule has 0 aliphatic rings. The Bertz CT molecular complexity index is 1660. The zero-order valence-electron chi connectivity index (χ0n) is 27.4. The van der Waals surface area contributed by atoms with E-state index in [4.69, 9.17) is 9.47 Å². The van der Waals surface area contributed by atoms with E-state index in [0.717, 1.165) is 6.42 Å². The fraction of sp³-hybridized carbons (Fsp3) is 0.263. The van der Waals surface area contributed by atoms with Crippen molar-refractivity contribution in [3.05, 3.63) is 143 Å². The molecule has 0 bridgehead atoms. The number of anilines is 3. The van der Waals surface area contributed by atoms with Gasteiger partial charge >= 0.3 is 0 Å². The highest BCUT2D eigenvalue weighted by Crippen LogP contribution is 2.27. The van der Waals surface area contributed by atoms with Crippen LogP contribution in [0.2, 0.25) is 0 Å². The lowest BCUT2D eigenvalue weighted by Gasteiger charge is -2.19. The molecule has 4 N–H and O–H groups in total. The van der Waals surface area contributed by atoms with Gasteiger partial charge in [-0.05, 0) is 35.7 Å². The molecule has 254 valence electrons. The summed E-state index contributed by atoms with van der Waals surface area (Å²) in [6.07, 6.45) is 0.815. The van der Waals surface area contributed by atoms with Crippen molar-refractivity contribution >= 4 is 23.8 Å². The number of carbonyl (C=O) groups is 1. The minimum Gasteiger partial charge on any atom is -0.377 e. The topological polar surface area (TPSA) is 122 Å². The predicted molar refractivity (Wildman–Crippen MR) is 190 cm³/mol. The summed E-state index contributed by atoms with van der Waals surface area (Å²) in [6.45, 7) is 3.29. The molecule has 0 atom stereocenters. The van der Waals surface area contributed by atoms with Gasteiger partial charge in [-0.1, -0.05) is 97.1 Å². The maximum absolute atomic E-state index is 14.3. The molecule has 0 spiro atoms. The predicted octanol–water partition coefficient (Wildman–Crippen LogP) is 6.13. The first kappa shape index (κ1) is 34.9. The fourth-order valence-electron chi connectivity index (χ4n) is 5.14. The first-order valence-electron chi connectivity index (χ1n) is 16.5. The molecule has 1 heterocycles. The van der Waals surface area contributed by atoms with Gasteiger partial charge in [0.25, 0.3) is 5.91 Å². The second kappa shape index (κ2) is 19.4. The lowest BCUT2D eigenvalue weighted by molar-refractivity contribution is 0.0519. The molecular weight excluding hydrogens is 621 g/mol. The van der Waals surface area contributed by atoms with Crippen LogP contribution >= 0.6 is 0 Å². The number of benzene rings is 4. The van der Waals surface area contributed by atoms with Crippen LogP contribution in [0.15, 0.2) is 115 Å². The second-order valence-electron chi connectivity index (χ2n) is 11.1. The van der Waals surface area contributed by atoms with Crippen LogP contribution in [-0.2, 0) is 16.0 Å². The SMILES string of the molecule is O=C(NCCOCCOCCNc1nc(NCCC(c2ccccc2)c2ccccc2)nc(NCc2ccccc2F)n1)c1ccccc1. The number of halogens is 1. The number of carbonyl (C=O) groups excluding carboxylic acids is 1. The molecule has 11 heteroatoms. The minimum absolute atomic E-state index is 0.127. The molecule has 49 heavy (non-hydrogen) atoms. The molecule has 0 saturated heterocycles. The van der Waals surface area contributed by atoms with Crippen molar-refractivity contribution in [3.63, 3.8) is 0 Å². The monoisotopic (exact) mass is 663 g/mol. The molecule has 0 aliphatic heterocycles. The van der Waals surface area contributed by atoms with Crippen molar-refractivity contribution in [1.29, 1.82) is 0 Å². The van der Waals surface area contributed by atoms with Gasteiger partial charge in [-0.15, -0.1) is 0 Å². The molecule has 1 aromatic heterocycles. The van der Waals surface area contributed by atoms with Crippen LogP contribution in [0, 0.1) is 5.82 Å². The van der Waals surface area contributed by atoms with Crippen molar-refractivity contribution in [2.24, 2.45) is 0 Å². The Balaban J connectivity index is 1.10. The highest BCUT2D eigenvalue weighted by molar-refractivity contribution is 5.94. The maximum Gasteiger partial charge on any atom is 0.251 e. The Labute approximate surface area is 286 Å². The summed E-state index contributed by atoms with van der Waals surface area (Å²) in [5.41, 5.74) is 3.60. The van der Waals surface area contributed by atoms with E-state index in [1.54, 1.807) is 30.3 Å². The molecule has 0 fully saturated rings. The number of hydrogen-bond donors (Lipinski definition) is 4. The molecule has 0 radical (unpaired) electrons.